The van der Waals surface area contributed by atoms with E-state index in [4.69, 9.17) is 0 Å². The maximum absolute atomic E-state index is 12.7. The lowest BCUT2D eigenvalue weighted by Crippen LogP contribution is -2.42. The Bertz CT molecular complexity index is 678. The maximum atomic E-state index is 12.7. The molecule has 5 heteroatoms. The van der Waals surface area contributed by atoms with Crippen molar-refractivity contribution in [3.63, 3.8) is 0 Å². The number of allylic oxidation sites excluding steroid dienone is 2. The van der Waals surface area contributed by atoms with Crippen LogP contribution < -0.4 is 10.4 Å². The third-order valence-corrected chi connectivity index (χ3v) is 6.25. The van der Waals surface area contributed by atoms with E-state index in [0.29, 0.717) is 5.69 Å². The van der Waals surface area contributed by atoms with Crippen LogP contribution in [0.1, 0.15) is 12.8 Å². The number of aliphatic carboxylic acids is 1. The molecule has 4 atom stereocenters. The third-order valence-electron chi connectivity index (χ3n) is 5.53. The molecule has 2 bridgehead atoms. The molecular weight excluding hydrogens is 393 g/mol. The van der Waals surface area contributed by atoms with E-state index in [1.807, 2.05) is 30.3 Å². The van der Waals surface area contributed by atoms with Crippen LogP contribution in [0.4, 0.5) is 5.69 Å². The molecule has 0 saturated heterocycles. The standard InChI is InChI=1S/C17H16INO3/c18-9-1-3-10(4-2-9)19-15(20)13-11-5-6-12(14(13)16(21)22)17(11)7-8-17/h1-6,11-14H,7-8H2,(H,19,20)(H,21,22)/p-1/t11-,12+,13+,14+/m1/s1. The SMILES string of the molecule is O=C(Nc1ccc(I)cc1)[C@@H]1[C@@H](C(=O)[O-])[C@@H]2C=C[C@H]1C21CC1. The highest BCUT2D eigenvalue weighted by Crippen LogP contribution is 2.71. The first-order valence-electron chi connectivity index (χ1n) is 7.48. The minimum absolute atomic E-state index is 0.0266. The van der Waals surface area contributed by atoms with Gasteiger partial charge in [-0.2, -0.15) is 0 Å². The number of hydrogen-bond donors (Lipinski definition) is 1. The third kappa shape index (κ3) is 1.94. The maximum Gasteiger partial charge on any atom is 0.228 e. The Morgan fingerprint density at radius 1 is 1.09 bits per heavy atom. The lowest BCUT2D eigenvalue weighted by Gasteiger charge is -2.27. The Hall–Kier alpha value is -1.37. The van der Waals surface area contributed by atoms with E-state index in [1.165, 1.54) is 0 Å². The summed E-state index contributed by atoms with van der Waals surface area (Å²) in [6.07, 6.45) is 6.08. The second-order valence-corrected chi connectivity index (χ2v) is 7.78. The van der Waals surface area contributed by atoms with Gasteiger partial charge in [0.15, 0.2) is 0 Å². The molecular formula is C17H15INO3-. The first-order chi connectivity index (χ1) is 10.5. The largest absolute Gasteiger partial charge is 0.550 e. The van der Waals surface area contributed by atoms with Crippen molar-refractivity contribution in [2.24, 2.45) is 29.1 Å². The molecule has 0 aromatic heterocycles. The zero-order valence-electron chi connectivity index (χ0n) is 11.8. The van der Waals surface area contributed by atoms with Crippen molar-refractivity contribution in [1.82, 2.24) is 0 Å². The lowest BCUT2D eigenvalue weighted by molar-refractivity contribution is -0.313. The van der Waals surface area contributed by atoms with Crippen LogP contribution in [0.15, 0.2) is 36.4 Å². The van der Waals surface area contributed by atoms with E-state index in [9.17, 15) is 14.7 Å². The fourth-order valence-electron chi connectivity index (χ4n) is 4.44. The quantitative estimate of drug-likeness (QED) is 0.613. The predicted molar refractivity (Wildman–Crippen MR) is 87.6 cm³/mol. The number of nitrogens with one attached hydrogen (secondary N) is 1. The van der Waals surface area contributed by atoms with Crippen LogP contribution in [0, 0.1) is 32.7 Å². The number of carbonyl (C=O) groups excluding carboxylic acids is 2. The molecule has 1 amide bonds. The van der Waals surface area contributed by atoms with Crippen LogP contribution in [0.5, 0.6) is 0 Å². The molecule has 3 aliphatic carbocycles. The number of halogens is 1. The van der Waals surface area contributed by atoms with Crippen LogP contribution in [-0.4, -0.2) is 11.9 Å². The van der Waals surface area contributed by atoms with Gasteiger partial charge in [0.05, 0.1) is 5.92 Å². The molecule has 0 radical (unpaired) electrons. The number of rotatable bonds is 3. The molecule has 0 heterocycles. The first-order valence-corrected chi connectivity index (χ1v) is 8.56. The Morgan fingerprint density at radius 3 is 2.23 bits per heavy atom. The van der Waals surface area contributed by atoms with Gasteiger partial charge in [-0.1, -0.05) is 12.2 Å². The number of anilines is 1. The highest BCUT2D eigenvalue weighted by Gasteiger charge is 2.68. The van der Waals surface area contributed by atoms with Crippen LogP contribution >= 0.6 is 22.6 Å². The molecule has 1 spiro atoms. The predicted octanol–water partition coefficient (Wildman–Crippen LogP) is 1.81. The van der Waals surface area contributed by atoms with Crippen LogP contribution in [0.3, 0.4) is 0 Å². The van der Waals surface area contributed by atoms with Gasteiger partial charge in [-0.05, 0) is 76.9 Å². The zero-order valence-corrected chi connectivity index (χ0v) is 13.9. The highest BCUT2D eigenvalue weighted by molar-refractivity contribution is 14.1. The molecule has 0 unspecified atom stereocenters. The monoisotopic (exact) mass is 408 g/mol. The first kappa shape index (κ1) is 14.2. The summed E-state index contributed by atoms with van der Waals surface area (Å²) >= 11 is 2.20. The van der Waals surface area contributed by atoms with E-state index in [-0.39, 0.29) is 23.2 Å². The molecule has 2 fully saturated rings. The molecule has 1 aromatic rings. The molecule has 3 aliphatic rings. The van der Waals surface area contributed by atoms with Gasteiger partial charge in [-0.15, -0.1) is 0 Å². The Morgan fingerprint density at radius 2 is 1.68 bits per heavy atom. The van der Waals surface area contributed by atoms with E-state index in [2.05, 4.69) is 34.0 Å². The van der Waals surface area contributed by atoms with Gasteiger partial charge in [0.1, 0.15) is 0 Å². The van der Waals surface area contributed by atoms with Crippen molar-refractivity contribution in [3.05, 3.63) is 40.0 Å². The van der Waals surface area contributed by atoms with Gasteiger partial charge in [0, 0.05) is 21.1 Å². The summed E-state index contributed by atoms with van der Waals surface area (Å²) in [5.74, 6) is -2.48. The molecule has 1 N–H and O–H groups in total. The molecule has 114 valence electrons. The number of hydrogen-bond acceptors (Lipinski definition) is 3. The Labute approximate surface area is 142 Å². The topological polar surface area (TPSA) is 69.2 Å². The number of carboxylic acids is 1. The molecule has 4 rings (SSSR count). The molecule has 2 saturated carbocycles. The van der Waals surface area contributed by atoms with Crippen molar-refractivity contribution in [1.29, 1.82) is 0 Å². The second kappa shape index (κ2) is 4.81. The van der Waals surface area contributed by atoms with Gasteiger partial charge < -0.3 is 15.2 Å². The van der Waals surface area contributed by atoms with E-state index >= 15 is 0 Å². The minimum Gasteiger partial charge on any atom is -0.550 e. The van der Waals surface area contributed by atoms with Crippen molar-refractivity contribution in [2.75, 3.05) is 5.32 Å². The van der Waals surface area contributed by atoms with E-state index in [1.54, 1.807) is 0 Å². The normalized spacial score (nSPS) is 33.1. The van der Waals surface area contributed by atoms with Crippen molar-refractivity contribution >= 4 is 40.2 Å². The average Bonchev–Trinajstić information content (AvgIpc) is 3.15. The fraction of sp³-hybridized carbons (Fsp3) is 0.412. The number of carbonyl (C=O) groups is 2. The van der Waals surface area contributed by atoms with Gasteiger partial charge >= 0.3 is 0 Å². The summed E-state index contributed by atoms with van der Waals surface area (Å²) in [7, 11) is 0. The van der Waals surface area contributed by atoms with Crippen molar-refractivity contribution < 1.29 is 14.7 Å². The minimum atomic E-state index is -1.09. The van der Waals surface area contributed by atoms with Crippen LogP contribution in [0.25, 0.3) is 0 Å². The summed E-state index contributed by atoms with van der Waals surface area (Å²) in [4.78, 5) is 24.3. The molecule has 22 heavy (non-hydrogen) atoms. The molecule has 0 aliphatic heterocycles. The molecule has 4 nitrogen and oxygen atoms in total. The van der Waals surface area contributed by atoms with E-state index in [0.717, 1.165) is 16.4 Å². The van der Waals surface area contributed by atoms with Gasteiger partial charge in [-0.3, -0.25) is 4.79 Å². The Kier molecular flexibility index (Phi) is 3.11. The zero-order chi connectivity index (χ0) is 15.5. The summed E-state index contributed by atoms with van der Waals surface area (Å²) < 4.78 is 1.09. The van der Waals surface area contributed by atoms with Crippen LogP contribution in [0.2, 0.25) is 0 Å². The highest BCUT2D eigenvalue weighted by atomic mass is 127. The van der Waals surface area contributed by atoms with E-state index < -0.39 is 17.8 Å². The van der Waals surface area contributed by atoms with Crippen molar-refractivity contribution in [3.8, 4) is 0 Å². The fourth-order valence-corrected chi connectivity index (χ4v) is 4.80. The van der Waals surface area contributed by atoms with Gasteiger partial charge in [0.25, 0.3) is 0 Å². The van der Waals surface area contributed by atoms with Gasteiger partial charge in [-0.25, -0.2) is 0 Å². The van der Waals surface area contributed by atoms with Crippen LogP contribution in [-0.2, 0) is 9.59 Å². The molecule has 1 aromatic carbocycles. The number of amides is 1. The number of benzene rings is 1. The van der Waals surface area contributed by atoms with Gasteiger partial charge in [0.2, 0.25) is 5.91 Å². The number of carboxylic acid groups (broad SMARTS) is 1. The van der Waals surface area contributed by atoms with Crippen molar-refractivity contribution in [2.45, 2.75) is 12.8 Å². The Balaban J connectivity index is 1.60. The summed E-state index contributed by atoms with van der Waals surface area (Å²) in [5, 5.41) is 14.5. The summed E-state index contributed by atoms with van der Waals surface area (Å²) in [6.45, 7) is 0. The second-order valence-electron chi connectivity index (χ2n) is 6.54. The summed E-state index contributed by atoms with van der Waals surface area (Å²) in [6, 6.07) is 7.50. The summed E-state index contributed by atoms with van der Waals surface area (Å²) in [5.41, 5.74) is 0.734. The smallest absolute Gasteiger partial charge is 0.228 e. The average molecular weight is 408 g/mol. The lowest BCUT2D eigenvalue weighted by atomic mass is 9.82.